The summed E-state index contributed by atoms with van der Waals surface area (Å²) >= 11 is 11.2. The summed E-state index contributed by atoms with van der Waals surface area (Å²) in [4.78, 5) is 12.4. The number of thiocarbonyl (C=S) groups is 1. The van der Waals surface area contributed by atoms with Gasteiger partial charge >= 0.3 is 0 Å². The van der Waals surface area contributed by atoms with Crippen LogP contribution in [0.5, 0.6) is 0 Å². The number of hydrogen-bond acceptors (Lipinski definition) is 3. The quantitative estimate of drug-likeness (QED) is 0.818. The number of nitriles is 1. The van der Waals surface area contributed by atoms with E-state index in [0.717, 1.165) is 5.56 Å². The Balaban J connectivity index is 2.11. The number of carbonyl (C=O) groups excluding carboxylic acids is 1. The Morgan fingerprint density at radius 1 is 1.13 bits per heavy atom. The molecule has 0 saturated carbocycles. The number of halogens is 1. The molecule has 0 radical (unpaired) electrons. The summed E-state index contributed by atoms with van der Waals surface area (Å²) < 4.78 is 0. The summed E-state index contributed by atoms with van der Waals surface area (Å²) in [5, 5.41) is 15.3. The summed E-state index contributed by atoms with van der Waals surface area (Å²) in [6, 6.07) is 16.2. The predicted octanol–water partition coefficient (Wildman–Crippen LogP) is 4.17. The van der Waals surface area contributed by atoms with Crippen molar-refractivity contribution in [1.29, 1.82) is 5.26 Å². The van der Waals surface area contributed by atoms with E-state index in [9.17, 15) is 10.1 Å². The first-order valence-corrected chi connectivity index (χ1v) is 7.63. The first-order valence-electron chi connectivity index (χ1n) is 6.84. The summed E-state index contributed by atoms with van der Waals surface area (Å²) in [5.74, 6) is -1.59. The van der Waals surface area contributed by atoms with Crippen molar-refractivity contribution in [2.24, 2.45) is 5.92 Å². The minimum Gasteiger partial charge on any atom is -0.347 e. The van der Waals surface area contributed by atoms with Crippen molar-refractivity contribution >= 4 is 46.1 Å². The molecule has 0 bridgehead atoms. The van der Waals surface area contributed by atoms with Gasteiger partial charge in [0, 0.05) is 5.69 Å². The first-order chi connectivity index (χ1) is 11.0. The van der Waals surface area contributed by atoms with Crippen LogP contribution in [0.25, 0.3) is 0 Å². The molecule has 0 fully saturated rings. The molecule has 0 aliphatic rings. The average Bonchev–Trinajstić information content (AvgIpc) is 2.52. The number of amides is 1. The first kappa shape index (κ1) is 16.9. The standard InChI is InChI=1S/C17H14ClN3OS/c1-11-6-2-4-8-14(11)20-16(22)12(10-19)17(23)21-15-9-5-3-7-13(15)18/h2-9,12H,1H3,(H,20,22)(H,21,23). The van der Waals surface area contributed by atoms with Crippen molar-refractivity contribution in [3.05, 3.63) is 59.1 Å². The molecule has 0 heterocycles. The van der Waals surface area contributed by atoms with Gasteiger partial charge in [-0.25, -0.2) is 0 Å². The van der Waals surface area contributed by atoms with Crippen molar-refractivity contribution in [3.63, 3.8) is 0 Å². The van der Waals surface area contributed by atoms with Crippen LogP contribution >= 0.6 is 23.8 Å². The maximum atomic E-state index is 12.3. The highest BCUT2D eigenvalue weighted by atomic mass is 35.5. The maximum absolute atomic E-state index is 12.3. The Bertz CT molecular complexity index is 726. The van der Waals surface area contributed by atoms with Crippen LogP contribution in [-0.2, 0) is 4.79 Å². The van der Waals surface area contributed by atoms with Crippen LogP contribution in [0.4, 0.5) is 11.4 Å². The molecule has 0 aromatic heterocycles. The molecule has 2 N–H and O–H groups in total. The highest BCUT2D eigenvalue weighted by Crippen LogP contribution is 2.22. The number of hydrogen-bond donors (Lipinski definition) is 2. The molecule has 1 unspecified atom stereocenters. The van der Waals surface area contributed by atoms with E-state index in [1.54, 1.807) is 30.3 Å². The second-order valence-electron chi connectivity index (χ2n) is 4.84. The number of anilines is 2. The molecular formula is C17H14ClN3OS. The predicted molar refractivity (Wildman–Crippen MR) is 96.6 cm³/mol. The van der Waals surface area contributed by atoms with Gasteiger partial charge in [-0.05, 0) is 30.7 Å². The lowest BCUT2D eigenvalue weighted by molar-refractivity contribution is -0.116. The van der Waals surface area contributed by atoms with Gasteiger partial charge in [-0.15, -0.1) is 0 Å². The molecule has 0 aliphatic heterocycles. The smallest absolute Gasteiger partial charge is 0.248 e. The monoisotopic (exact) mass is 343 g/mol. The lowest BCUT2D eigenvalue weighted by atomic mass is 10.1. The highest BCUT2D eigenvalue weighted by molar-refractivity contribution is 7.80. The van der Waals surface area contributed by atoms with Crippen LogP contribution in [0.1, 0.15) is 5.56 Å². The van der Waals surface area contributed by atoms with Crippen molar-refractivity contribution in [3.8, 4) is 6.07 Å². The zero-order chi connectivity index (χ0) is 16.8. The number of nitrogens with one attached hydrogen (secondary N) is 2. The van der Waals surface area contributed by atoms with Crippen LogP contribution in [0.15, 0.2) is 48.5 Å². The molecule has 23 heavy (non-hydrogen) atoms. The number of benzene rings is 2. The van der Waals surface area contributed by atoms with Gasteiger partial charge in [0.05, 0.1) is 16.8 Å². The van der Waals surface area contributed by atoms with Crippen LogP contribution in [0.2, 0.25) is 5.02 Å². The lowest BCUT2D eigenvalue weighted by Crippen LogP contribution is -2.31. The fourth-order valence-corrected chi connectivity index (χ4v) is 2.37. The fraction of sp³-hybridized carbons (Fsp3) is 0.118. The van der Waals surface area contributed by atoms with Crippen molar-refractivity contribution < 1.29 is 4.79 Å². The van der Waals surface area contributed by atoms with E-state index in [1.807, 2.05) is 31.2 Å². The number of carbonyl (C=O) groups is 1. The third kappa shape index (κ3) is 4.28. The number of nitrogens with zero attached hydrogens (tertiary/aromatic N) is 1. The Morgan fingerprint density at radius 2 is 1.74 bits per heavy atom. The summed E-state index contributed by atoms with van der Waals surface area (Å²) in [6.07, 6.45) is 0. The summed E-state index contributed by atoms with van der Waals surface area (Å²) in [7, 11) is 0. The molecule has 0 aliphatic carbocycles. The van der Waals surface area contributed by atoms with Gasteiger partial charge in [0.2, 0.25) is 5.91 Å². The van der Waals surface area contributed by atoms with Gasteiger partial charge in [0.25, 0.3) is 0 Å². The Labute approximate surface area is 145 Å². The normalized spacial score (nSPS) is 11.2. The van der Waals surface area contributed by atoms with Crippen LogP contribution < -0.4 is 10.6 Å². The Morgan fingerprint density at radius 3 is 2.35 bits per heavy atom. The molecule has 1 amide bonds. The van der Waals surface area contributed by atoms with Crippen LogP contribution in [-0.4, -0.2) is 10.9 Å². The topological polar surface area (TPSA) is 64.9 Å². The highest BCUT2D eigenvalue weighted by Gasteiger charge is 2.24. The van der Waals surface area contributed by atoms with Gasteiger partial charge in [0.1, 0.15) is 4.99 Å². The van der Waals surface area contributed by atoms with Crippen molar-refractivity contribution in [2.75, 3.05) is 10.6 Å². The molecule has 2 aromatic carbocycles. The molecule has 4 nitrogen and oxygen atoms in total. The molecule has 116 valence electrons. The van der Waals surface area contributed by atoms with E-state index in [4.69, 9.17) is 23.8 Å². The molecular weight excluding hydrogens is 330 g/mol. The fourth-order valence-electron chi connectivity index (χ4n) is 1.92. The molecule has 0 saturated heterocycles. The Kier molecular flexibility index (Phi) is 5.69. The Hall–Kier alpha value is -2.42. The third-order valence-corrected chi connectivity index (χ3v) is 3.86. The molecule has 6 heteroatoms. The largest absolute Gasteiger partial charge is 0.347 e. The second-order valence-corrected chi connectivity index (χ2v) is 5.68. The molecule has 2 aromatic rings. The van der Waals surface area contributed by atoms with E-state index in [0.29, 0.717) is 16.4 Å². The van der Waals surface area contributed by atoms with Crippen LogP contribution in [0.3, 0.4) is 0 Å². The van der Waals surface area contributed by atoms with Gasteiger partial charge in [-0.2, -0.15) is 5.26 Å². The van der Waals surface area contributed by atoms with E-state index in [1.165, 1.54) is 0 Å². The van der Waals surface area contributed by atoms with E-state index in [-0.39, 0.29) is 4.99 Å². The minimum atomic E-state index is -1.11. The number of rotatable bonds is 4. The van der Waals surface area contributed by atoms with Gasteiger partial charge < -0.3 is 10.6 Å². The van der Waals surface area contributed by atoms with E-state index < -0.39 is 11.8 Å². The van der Waals surface area contributed by atoms with Crippen molar-refractivity contribution in [1.82, 2.24) is 0 Å². The van der Waals surface area contributed by atoms with Crippen LogP contribution in [0, 0.1) is 24.2 Å². The minimum absolute atomic E-state index is 0.103. The average molecular weight is 344 g/mol. The van der Waals surface area contributed by atoms with Crippen molar-refractivity contribution in [2.45, 2.75) is 6.92 Å². The van der Waals surface area contributed by atoms with E-state index in [2.05, 4.69) is 10.6 Å². The lowest BCUT2D eigenvalue weighted by Gasteiger charge is -2.15. The maximum Gasteiger partial charge on any atom is 0.248 e. The van der Waals surface area contributed by atoms with Gasteiger partial charge in [-0.1, -0.05) is 54.2 Å². The zero-order valence-corrected chi connectivity index (χ0v) is 13.9. The second kappa shape index (κ2) is 7.73. The summed E-state index contributed by atoms with van der Waals surface area (Å²) in [6.45, 7) is 1.87. The molecule has 1 atom stereocenters. The van der Waals surface area contributed by atoms with Gasteiger partial charge in [-0.3, -0.25) is 4.79 Å². The molecule has 0 spiro atoms. The van der Waals surface area contributed by atoms with Gasteiger partial charge in [0.15, 0.2) is 5.92 Å². The third-order valence-electron chi connectivity index (χ3n) is 3.19. The SMILES string of the molecule is Cc1ccccc1NC(=O)C(C#N)C(=S)Nc1ccccc1Cl. The number of para-hydroxylation sites is 2. The molecule has 2 rings (SSSR count). The number of aryl methyl sites for hydroxylation is 1. The zero-order valence-electron chi connectivity index (χ0n) is 12.3. The van der Waals surface area contributed by atoms with E-state index >= 15 is 0 Å². The summed E-state index contributed by atoms with van der Waals surface area (Å²) in [5.41, 5.74) is 2.11.